The Morgan fingerprint density at radius 3 is 2.50 bits per heavy atom. The molecule has 1 fully saturated rings. The van der Waals surface area contributed by atoms with Crippen LogP contribution in [0.3, 0.4) is 0 Å². The van der Waals surface area contributed by atoms with E-state index in [1.165, 1.54) is 6.20 Å². The zero-order chi connectivity index (χ0) is 15.7. The van der Waals surface area contributed by atoms with E-state index in [0.717, 1.165) is 11.3 Å². The van der Waals surface area contributed by atoms with Crippen LogP contribution < -0.4 is 4.90 Å². The van der Waals surface area contributed by atoms with Crippen LogP contribution in [-0.2, 0) is 11.8 Å². The number of benzene rings is 1. The van der Waals surface area contributed by atoms with E-state index in [4.69, 9.17) is 0 Å². The van der Waals surface area contributed by atoms with Crippen molar-refractivity contribution in [1.29, 1.82) is 0 Å². The molecule has 114 valence electrons. The number of carbonyl (C=O) groups excluding carboxylic acids is 2. The van der Waals surface area contributed by atoms with Gasteiger partial charge in [-0.1, -0.05) is 17.7 Å². The van der Waals surface area contributed by atoms with Crippen LogP contribution in [0, 0.1) is 6.92 Å². The van der Waals surface area contributed by atoms with E-state index >= 15 is 0 Å². The van der Waals surface area contributed by atoms with E-state index in [9.17, 15) is 9.59 Å². The summed E-state index contributed by atoms with van der Waals surface area (Å²) in [6, 6.07) is 7.84. The maximum Gasteiger partial charge on any atom is 0.257 e. The first-order valence-electron chi connectivity index (χ1n) is 7.19. The maximum absolute atomic E-state index is 12.3. The molecule has 6 heteroatoms. The van der Waals surface area contributed by atoms with Gasteiger partial charge in [-0.25, -0.2) is 0 Å². The number of amides is 2. The van der Waals surface area contributed by atoms with Gasteiger partial charge >= 0.3 is 0 Å². The minimum absolute atomic E-state index is 0.0626. The minimum atomic E-state index is -0.148. The van der Waals surface area contributed by atoms with Crippen molar-refractivity contribution in [2.45, 2.75) is 6.92 Å². The third-order valence-corrected chi connectivity index (χ3v) is 3.81. The van der Waals surface area contributed by atoms with E-state index in [1.807, 2.05) is 31.2 Å². The molecule has 0 bridgehead atoms. The smallest absolute Gasteiger partial charge is 0.257 e. The first-order chi connectivity index (χ1) is 10.5. The van der Waals surface area contributed by atoms with Gasteiger partial charge in [-0.2, -0.15) is 5.10 Å². The van der Waals surface area contributed by atoms with Crippen molar-refractivity contribution in [3.05, 3.63) is 47.8 Å². The molecule has 22 heavy (non-hydrogen) atoms. The van der Waals surface area contributed by atoms with Crippen molar-refractivity contribution in [3.63, 3.8) is 0 Å². The van der Waals surface area contributed by atoms with Gasteiger partial charge in [0.05, 0.1) is 11.8 Å². The van der Waals surface area contributed by atoms with Gasteiger partial charge in [0.1, 0.15) is 6.54 Å². The molecule has 0 N–H and O–H groups in total. The third kappa shape index (κ3) is 2.72. The molecule has 2 heterocycles. The molecule has 3 rings (SSSR count). The molecule has 0 unspecified atom stereocenters. The first kappa shape index (κ1) is 14.3. The molecule has 1 aromatic heterocycles. The Kier molecular flexibility index (Phi) is 3.66. The first-order valence-corrected chi connectivity index (χ1v) is 7.19. The average Bonchev–Trinajstić information content (AvgIpc) is 2.94. The van der Waals surface area contributed by atoms with Crippen molar-refractivity contribution in [1.82, 2.24) is 14.7 Å². The summed E-state index contributed by atoms with van der Waals surface area (Å²) in [5.41, 5.74) is 2.55. The highest BCUT2D eigenvalue weighted by atomic mass is 16.2. The Labute approximate surface area is 128 Å². The highest BCUT2D eigenvalue weighted by Gasteiger charge is 2.28. The summed E-state index contributed by atoms with van der Waals surface area (Å²) in [6.07, 6.45) is 3.19. The number of rotatable bonds is 2. The molecule has 0 radical (unpaired) electrons. The highest BCUT2D eigenvalue weighted by molar-refractivity contribution is 6.01. The zero-order valence-corrected chi connectivity index (χ0v) is 12.7. The molecule has 0 saturated carbocycles. The lowest BCUT2D eigenvalue weighted by atomic mass is 10.2. The molecule has 1 aromatic carbocycles. The molecule has 1 aliphatic heterocycles. The summed E-state index contributed by atoms with van der Waals surface area (Å²) >= 11 is 0. The van der Waals surface area contributed by atoms with Crippen LogP contribution in [0.5, 0.6) is 0 Å². The summed E-state index contributed by atoms with van der Waals surface area (Å²) in [4.78, 5) is 28.0. The number of aryl methyl sites for hydroxylation is 2. The van der Waals surface area contributed by atoms with Crippen molar-refractivity contribution in [3.8, 4) is 0 Å². The van der Waals surface area contributed by atoms with Crippen LogP contribution in [0.15, 0.2) is 36.7 Å². The largest absolute Gasteiger partial charge is 0.327 e. The van der Waals surface area contributed by atoms with Crippen LogP contribution in [0.2, 0.25) is 0 Å². The second kappa shape index (κ2) is 5.63. The monoisotopic (exact) mass is 298 g/mol. The molecular formula is C16H18N4O2. The second-order valence-electron chi connectivity index (χ2n) is 5.51. The lowest BCUT2D eigenvalue weighted by Crippen LogP contribution is -2.52. The van der Waals surface area contributed by atoms with Gasteiger partial charge in [-0.05, 0) is 19.1 Å². The molecule has 1 aliphatic rings. The predicted octanol–water partition coefficient (Wildman–Crippen LogP) is 1.22. The maximum atomic E-state index is 12.3. The number of hydrogen-bond donors (Lipinski definition) is 0. The Morgan fingerprint density at radius 2 is 1.91 bits per heavy atom. The Bertz CT molecular complexity index is 705. The SMILES string of the molecule is Cc1ccc(N2CCN(C(=O)c3cnn(C)c3)CC2=O)cc1. The van der Waals surface area contributed by atoms with Gasteiger partial charge < -0.3 is 9.80 Å². The molecule has 2 aromatic rings. The van der Waals surface area contributed by atoms with Gasteiger partial charge in [-0.3, -0.25) is 14.3 Å². The highest BCUT2D eigenvalue weighted by Crippen LogP contribution is 2.18. The van der Waals surface area contributed by atoms with Crippen molar-refractivity contribution in [2.75, 3.05) is 24.5 Å². The van der Waals surface area contributed by atoms with Crippen LogP contribution in [-0.4, -0.2) is 46.1 Å². The Balaban J connectivity index is 1.71. The minimum Gasteiger partial charge on any atom is -0.327 e. The fraction of sp³-hybridized carbons (Fsp3) is 0.312. The van der Waals surface area contributed by atoms with Crippen LogP contribution in [0.4, 0.5) is 5.69 Å². The molecular weight excluding hydrogens is 280 g/mol. The van der Waals surface area contributed by atoms with E-state index in [-0.39, 0.29) is 18.4 Å². The predicted molar refractivity (Wildman–Crippen MR) is 82.6 cm³/mol. The topological polar surface area (TPSA) is 58.4 Å². The van der Waals surface area contributed by atoms with E-state index in [1.54, 1.807) is 27.7 Å². The van der Waals surface area contributed by atoms with Gasteiger partial charge in [0, 0.05) is 32.0 Å². The van der Waals surface area contributed by atoms with Crippen LogP contribution in [0.1, 0.15) is 15.9 Å². The van der Waals surface area contributed by atoms with Gasteiger partial charge in [0.2, 0.25) is 5.91 Å². The molecule has 0 atom stereocenters. The number of aromatic nitrogens is 2. The molecule has 1 saturated heterocycles. The fourth-order valence-corrected chi connectivity index (χ4v) is 2.56. The fourth-order valence-electron chi connectivity index (χ4n) is 2.56. The van der Waals surface area contributed by atoms with E-state index in [2.05, 4.69) is 5.10 Å². The summed E-state index contributed by atoms with van der Waals surface area (Å²) in [5.74, 6) is -0.211. The van der Waals surface area contributed by atoms with Gasteiger partial charge in [-0.15, -0.1) is 0 Å². The zero-order valence-electron chi connectivity index (χ0n) is 12.7. The molecule has 0 spiro atoms. The number of anilines is 1. The van der Waals surface area contributed by atoms with Crippen molar-refractivity contribution in [2.24, 2.45) is 7.05 Å². The molecule has 0 aliphatic carbocycles. The summed E-state index contributed by atoms with van der Waals surface area (Å²) in [6.45, 7) is 3.14. The molecule has 6 nitrogen and oxygen atoms in total. The van der Waals surface area contributed by atoms with E-state index in [0.29, 0.717) is 18.7 Å². The number of nitrogens with zero attached hydrogens (tertiary/aromatic N) is 4. The number of piperazine rings is 1. The van der Waals surface area contributed by atoms with Crippen LogP contribution >= 0.6 is 0 Å². The second-order valence-corrected chi connectivity index (χ2v) is 5.51. The van der Waals surface area contributed by atoms with Crippen molar-refractivity contribution >= 4 is 17.5 Å². The average molecular weight is 298 g/mol. The normalized spacial score (nSPS) is 15.3. The number of hydrogen-bond acceptors (Lipinski definition) is 3. The van der Waals surface area contributed by atoms with Gasteiger partial charge in [0.15, 0.2) is 0 Å². The molecule has 2 amide bonds. The Morgan fingerprint density at radius 1 is 1.18 bits per heavy atom. The summed E-state index contributed by atoms with van der Waals surface area (Å²) < 4.78 is 1.58. The third-order valence-electron chi connectivity index (χ3n) is 3.81. The van der Waals surface area contributed by atoms with Crippen LogP contribution in [0.25, 0.3) is 0 Å². The van der Waals surface area contributed by atoms with Crippen molar-refractivity contribution < 1.29 is 9.59 Å². The lowest BCUT2D eigenvalue weighted by molar-refractivity contribution is -0.120. The summed E-state index contributed by atoms with van der Waals surface area (Å²) in [7, 11) is 1.76. The lowest BCUT2D eigenvalue weighted by Gasteiger charge is -2.34. The van der Waals surface area contributed by atoms with E-state index < -0.39 is 0 Å². The standard InChI is InChI=1S/C16H18N4O2/c1-12-3-5-14(6-4-12)20-8-7-19(11-15(20)21)16(22)13-9-17-18(2)10-13/h3-6,9-10H,7-8,11H2,1-2H3. The number of carbonyl (C=O) groups is 2. The Hall–Kier alpha value is -2.63. The summed E-state index contributed by atoms with van der Waals surface area (Å²) in [5, 5.41) is 4.00. The van der Waals surface area contributed by atoms with Gasteiger partial charge in [0.25, 0.3) is 5.91 Å². The quantitative estimate of drug-likeness (QED) is 0.837.